The van der Waals surface area contributed by atoms with E-state index in [4.69, 9.17) is 22.1 Å². The highest BCUT2D eigenvalue weighted by atomic mass is 127. The molecule has 0 fully saturated rings. The Morgan fingerprint density at radius 3 is 3.06 bits per heavy atom. The van der Waals surface area contributed by atoms with Crippen LogP contribution in [0.5, 0.6) is 5.88 Å². The molecule has 1 aromatic heterocycles. The largest absolute Gasteiger partial charge is 0.475 e. The molecule has 0 amide bonds. The Morgan fingerprint density at radius 1 is 1.61 bits per heavy atom. The summed E-state index contributed by atoms with van der Waals surface area (Å²) in [6, 6.07) is 3.48. The van der Waals surface area contributed by atoms with Crippen molar-refractivity contribution in [2.45, 2.75) is 13.3 Å². The van der Waals surface area contributed by atoms with Gasteiger partial charge in [0.15, 0.2) is 5.96 Å². The lowest BCUT2D eigenvalue weighted by molar-refractivity contribution is 0.310. The Balaban J connectivity index is 0.00000289. The van der Waals surface area contributed by atoms with Gasteiger partial charge in [0.2, 0.25) is 5.88 Å². The molecule has 1 aromatic rings. The third-order valence-electron chi connectivity index (χ3n) is 1.88. The Hall–Kier alpha value is -0.760. The van der Waals surface area contributed by atoms with E-state index >= 15 is 0 Å². The molecule has 0 saturated carbocycles. The standard InChI is InChI=1S/C11H17ClN4O.HI/c1-2-5-15-11(13)16-7-8-17-10-9(12)4-3-6-14-10;/h3-4,6H,2,5,7-8H2,1H3,(H3,13,15,16);1H. The maximum atomic E-state index is 5.88. The molecule has 0 bridgehead atoms. The first-order valence-corrected chi connectivity index (χ1v) is 5.89. The number of aliphatic imine (C=N–C) groups is 1. The van der Waals surface area contributed by atoms with Gasteiger partial charge in [0, 0.05) is 12.7 Å². The average molecular weight is 385 g/mol. The Morgan fingerprint density at radius 2 is 2.39 bits per heavy atom. The molecular formula is C11H18ClIN4O. The van der Waals surface area contributed by atoms with Crippen LogP contribution < -0.4 is 15.8 Å². The summed E-state index contributed by atoms with van der Waals surface area (Å²) >= 11 is 5.88. The van der Waals surface area contributed by atoms with Crippen LogP contribution in [0.25, 0.3) is 0 Å². The zero-order valence-electron chi connectivity index (χ0n) is 10.2. The van der Waals surface area contributed by atoms with Gasteiger partial charge in [-0.3, -0.25) is 4.99 Å². The number of halogens is 2. The number of guanidine groups is 1. The highest BCUT2D eigenvalue weighted by Crippen LogP contribution is 2.19. The molecule has 0 radical (unpaired) electrons. The van der Waals surface area contributed by atoms with E-state index in [1.807, 2.05) is 6.92 Å². The van der Waals surface area contributed by atoms with Crippen molar-refractivity contribution in [3.8, 4) is 5.88 Å². The van der Waals surface area contributed by atoms with Crippen molar-refractivity contribution in [1.82, 2.24) is 10.3 Å². The van der Waals surface area contributed by atoms with Crippen LogP contribution in [0.4, 0.5) is 0 Å². The lowest BCUT2D eigenvalue weighted by Gasteiger charge is -2.08. The van der Waals surface area contributed by atoms with Crippen LogP contribution in [0.15, 0.2) is 23.3 Å². The van der Waals surface area contributed by atoms with Gasteiger partial charge in [-0.25, -0.2) is 4.98 Å². The van der Waals surface area contributed by atoms with E-state index in [1.54, 1.807) is 18.3 Å². The normalized spacial score (nSPS) is 10.7. The molecular weight excluding hydrogens is 367 g/mol. The van der Waals surface area contributed by atoms with Gasteiger partial charge < -0.3 is 15.8 Å². The number of nitrogens with two attached hydrogens (primary N) is 1. The topological polar surface area (TPSA) is 72.5 Å². The van der Waals surface area contributed by atoms with Gasteiger partial charge in [0.05, 0.1) is 6.54 Å². The van der Waals surface area contributed by atoms with E-state index in [0.29, 0.717) is 30.0 Å². The maximum Gasteiger partial charge on any atom is 0.232 e. The number of pyridine rings is 1. The van der Waals surface area contributed by atoms with Crippen LogP contribution in [0, 0.1) is 0 Å². The van der Waals surface area contributed by atoms with Gasteiger partial charge in [-0.15, -0.1) is 24.0 Å². The average Bonchev–Trinajstić information content (AvgIpc) is 2.34. The molecule has 0 unspecified atom stereocenters. The summed E-state index contributed by atoms with van der Waals surface area (Å²) in [5, 5.41) is 3.44. The van der Waals surface area contributed by atoms with Crippen LogP contribution in [0.1, 0.15) is 13.3 Å². The number of ether oxygens (including phenoxy) is 1. The lowest BCUT2D eigenvalue weighted by atomic mass is 10.5. The minimum Gasteiger partial charge on any atom is -0.475 e. The van der Waals surface area contributed by atoms with Gasteiger partial charge in [0.25, 0.3) is 0 Å². The predicted octanol–water partition coefficient (Wildman–Crippen LogP) is 2.05. The molecule has 3 N–H and O–H groups in total. The van der Waals surface area contributed by atoms with Crippen LogP contribution in [0.3, 0.4) is 0 Å². The molecule has 18 heavy (non-hydrogen) atoms. The van der Waals surface area contributed by atoms with Crippen molar-refractivity contribution >= 4 is 41.5 Å². The zero-order chi connectivity index (χ0) is 12.5. The van der Waals surface area contributed by atoms with Crippen molar-refractivity contribution in [2.24, 2.45) is 10.7 Å². The molecule has 0 aliphatic rings. The summed E-state index contributed by atoms with van der Waals surface area (Å²) < 4.78 is 5.38. The number of nitrogens with one attached hydrogen (secondary N) is 1. The molecule has 0 aliphatic carbocycles. The van der Waals surface area contributed by atoms with Crippen LogP contribution in [-0.4, -0.2) is 30.6 Å². The van der Waals surface area contributed by atoms with Gasteiger partial charge in [0.1, 0.15) is 11.6 Å². The van der Waals surface area contributed by atoms with Crippen LogP contribution >= 0.6 is 35.6 Å². The maximum absolute atomic E-state index is 5.88. The Kier molecular flexibility index (Phi) is 9.76. The van der Waals surface area contributed by atoms with Crippen molar-refractivity contribution < 1.29 is 4.74 Å². The summed E-state index contributed by atoms with van der Waals surface area (Å²) in [6.07, 6.45) is 2.61. The molecule has 1 rings (SSSR count). The van der Waals surface area contributed by atoms with Crippen LogP contribution in [-0.2, 0) is 0 Å². The first kappa shape index (κ1) is 17.2. The van der Waals surface area contributed by atoms with E-state index in [-0.39, 0.29) is 24.0 Å². The number of aromatic nitrogens is 1. The number of hydrogen-bond acceptors (Lipinski definition) is 3. The molecule has 102 valence electrons. The van der Waals surface area contributed by atoms with Crippen molar-refractivity contribution in [2.75, 3.05) is 19.7 Å². The second-order valence-electron chi connectivity index (χ2n) is 3.33. The minimum atomic E-state index is 0. The van der Waals surface area contributed by atoms with E-state index < -0.39 is 0 Å². The quantitative estimate of drug-likeness (QED) is 0.341. The molecule has 0 saturated heterocycles. The Labute approximate surface area is 129 Å². The number of rotatable bonds is 6. The number of hydrogen-bond donors (Lipinski definition) is 2. The van der Waals surface area contributed by atoms with Gasteiger partial charge in [-0.05, 0) is 18.6 Å². The molecule has 0 aliphatic heterocycles. The fraction of sp³-hybridized carbons (Fsp3) is 0.455. The van der Waals surface area contributed by atoms with Crippen molar-refractivity contribution in [3.05, 3.63) is 23.4 Å². The summed E-state index contributed by atoms with van der Waals surface area (Å²) in [4.78, 5) is 8.09. The van der Waals surface area contributed by atoms with E-state index in [1.165, 1.54) is 0 Å². The summed E-state index contributed by atoms with van der Waals surface area (Å²) in [5.41, 5.74) is 5.61. The molecule has 0 spiro atoms. The molecule has 7 heteroatoms. The van der Waals surface area contributed by atoms with E-state index in [2.05, 4.69) is 15.3 Å². The van der Waals surface area contributed by atoms with E-state index in [0.717, 1.165) is 13.0 Å². The lowest BCUT2D eigenvalue weighted by Crippen LogP contribution is -2.34. The highest BCUT2D eigenvalue weighted by molar-refractivity contribution is 14.0. The first-order chi connectivity index (χ1) is 8.24. The van der Waals surface area contributed by atoms with Gasteiger partial charge >= 0.3 is 0 Å². The third kappa shape index (κ3) is 6.85. The summed E-state index contributed by atoms with van der Waals surface area (Å²) in [6.45, 7) is 3.76. The van der Waals surface area contributed by atoms with Crippen molar-refractivity contribution in [3.63, 3.8) is 0 Å². The van der Waals surface area contributed by atoms with E-state index in [9.17, 15) is 0 Å². The summed E-state index contributed by atoms with van der Waals surface area (Å²) in [7, 11) is 0. The van der Waals surface area contributed by atoms with Crippen molar-refractivity contribution in [1.29, 1.82) is 0 Å². The predicted molar refractivity (Wildman–Crippen MR) is 84.9 cm³/mol. The SMILES string of the molecule is CCCN=C(N)NCCOc1ncccc1Cl.I. The zero-order valence-corrected chi connectivity index (χ0v) is 13.3. The fourth-order valence-corrected chi connectivity index (χ4v) is 1.27. The second kappa shape index (κ2) is 10.2. The first-order valence-electron chi connectivity index (χ1n) is 5.51. The molecule has 1 heterocycles. The highest BCUT2D eigenvalue weighted by Gasteiger charge is 2.00. The molecule has 5 nitrogen and oxygen atoms in total. The Bertz CT molecular complexity index is 376. The smallest absolute Gasteiger partial charge is 0.232 e. The monoisotopic (exact) mass is 384 g/mol. The fourth-order valence-electron chi connectivity index (χ4n) is 1.09. The third-order valence-corrected chi connectivity index (χ3v) is 2.17. The van der Waals surface area contributed by atoms with Gasteiger partial charge in [-0.1, -0.05) is 18.5 Å². The minimum absolute atomic E-state index is 0. The number of nitrogens with zero attached hydrogens (tertiary/aromatic N) is 2. The summed E-state index contributed by atoms with van der Waals surface area (Å²) in [5.74, 6) is 0.864. The molecule has 0 atom stereocenters. The molecule has 0 aromatic carbocycles. The second-order valence-corrected chi connectivity index (χ2v) is 3.74. The van der Waals surface area contributed by atoms with Gasteiger partial charge in [-0.2, -0.15) is 0 Å². The van der Waals surface area contributed by atoms with Crippen LogP contribution in [0.2, 0.25) is 5.02 Å².